The van der Waals surface area contributed by atoms with Gasteiger partial charge in [-0.1, -0.05) is 31.0 Å². The quantitative estimate of drug-likeness (QED) is 0.838. The van der Waals surface area contributed by atoms with E-state index in [1.807, 2.05) is 0 Å². The lowest BCUT2D eigenvalue weighted by Gasteiger charge is -2.20. The average Bonchev–Trinajstić information content (AvgIpc) is 2.88. The largest absolute Gasteiger partial charge is 0.310 e. The highest BCUT2D eigenvalue weighted by molar-refractivity contribution is 7.89. The van der Waals surface area contributed by atoms with E-state index in [1.54, 1.807) is 18.2 Å². The van der Waals surface area contributed by atoms with E-state index < -0.39 is 21.4 Å². The van der Waals surface area contributed by atoms with E-state index >= 15 is 0 Å². The Kier molecular flexibility index (Phi) is 5.34. The molecule has 1 aromatic heterocycles. The van der Waals surface area contributed by atoms with Gasteiger partial charge in [-0.15, -0.1) is 0 Å². The van der Waals surface area contributed by atoms with Crippen LogP contribution in [0.3, 0.4) is 0 Å². The fraction of sp³-hybridized carbons (Fsp3) is 0.389. The molecular weight excluding hydrogens is 343 g/mol. The molecule has 1 aliphatic rings. The van der Waals surface area contributed by atoms with Crippen LogP contribution in [0.25, 0.3) is 0 Å². The number of nitrogens with zero attached hydrogens (tertiary/aromatic N) is 2. The van der Waals surface area contributed by atoms with Crippen LogP contribution in [0.2, 0.25) is 0 Å². The summed E-state index contributed by atoms with van der Waals surface area (Å²) in [4.78, 5) is 12.5. The van der Waals surface area contributed by atoms with Crippen LogP contribution in [-0.2, 0) is 16.6 Å². The Morgan fingerprint density at radius 2 is 1.64 bits per heavy atom. The lowest BCUT2D eigenvalue weighted by molar-refractivity contribution is 0.422. The molecule has 134 valence electrons. The van der Waals surface area contributed by atoms with Crippen molar-refractivity contribution in [2.45, 2.75) is 37.1 Å². The molecular formula is C18H21FN2O3S. The third kappa shape index (κ3) is 3.82. The van der Waals surface area contributed by atoms with E-state index in [-0.39, 0.29) is 11.4 Å². The zero-order valence-corrected chi connectivity index (χ0v) is 14.7. The minimum absolute atomic E-state index is 0.00509. The Morgan fingerprint density at radius 3 is 2.32 bits per heavy atom. The van der Waals surface area contributed by atoms with Gasteiger partial charge in [-0.2, -0.15) is 4.31 Å². The fourth-order valence-electron chi connectivity index (χ4n) is 3.07. The molecule has 0 spiro atoms. The van der Waals surface area contributed by atoms with Crippen LogP contribution in [-0.4, -0.2) is 30.4 Å². The van der Waals surface area contributed by atoms with Gasteiger partial charge in [-0.3, -0.25) is 4.79 Å². The lowest BCUT2D eigenvalue weighted by atomic mass is 10.2. The van der Waals surface area contributed by atoms with Crippen molar-refractivity contribution < 1.29 is 12.8 Å². The van der Waals surface area contributed by atoms with E-state index in [2.05, 4.69) is 0 Å². The molecule has 2 heterocycles. The first-order valence-corrected chi connectivity index (χ1v) is 9.87. The van der Waals surface area contributed by atoms with Crippen LogP contribution in [0.15, 0.2) is 52.3 Å². The average molecular weight is 364 g/mol. The van der Waals surface area contributed by atoms with Gasteiger partial charge in [-0.05, 0) is 31.0 Å². The van der Waals surface area contributed by atoms with Gasteiger partial charge in [0.05, 0.1) is 6.54 Å². The van der Waals surface area contributed by atoms with Gasteiger partial charge in [0.15, 0.2) is 0 Å². The highest BCUT2D eigenvalue weighted by atomic mass is 32.2. The zero-order valence-electron chi connectivity index (χ0n) is 13.9. The summed E-state index contributed by atoms with van der Waals surface area (Å²) in [5.74, 6) is -0.421. The maximum absolute atomic E-state index is 13.8. The molecule has 0 N–H and O–H groups in total. The summed E-state index contributed by atoms with van der Waals surface area (Å²) >= 11 is 0. The van der Waals surface area contributed by atoms with Crippen molar-refractivity contribution in [1.29, 1.82) is 0 Å². The van der Waals surface area contributed by atoms with Gasteiger partial charge in [0.1, 0.15) is 10.7 Å². The third-order valence-electron chi connectivity index (χ3n) is 4.47. The summed E-state index contributed by atoms with van der Waals surface area (Å²) in [6.07, 6.45) is 5.08. The summed E-state index contributed by atoms with van der Waals surface area (Å²) in [6.45, 7) is 0.864. The second kappa shape index (κ2) is 7.49. The molecule has 3 rings (SSSR count). The van der Waals surface area contributed by atoms with Crippen molar-refractivity contribution >= 4 is 10.0 Å². The van der Waals surface area contributed by atoms with Gasteiger partial charge in [-0.25, -0.2) is 12.8 Å². The Morgan fingerprint density at radius 1 is 0.960 bits per heavy atom. The number of aromatic nitrogens is 1. The van der Waals surface area contributed by atoms with Gasteiger partial charge in [0, 0.05) is 24.8 Å². The van der Waals surface area contributed by atoms with Gasteiger partial charge >= 0.3 is 0 Å². The van der Waals surface area contributed by atoms with Gasteiger partial charge in [0.2, 0.25) is 10.0 Å². The van der Waals surface area contributed by atoms with E-state index in [1.165, 1.54) is 33.3 Å². The molecule has 5 nitrogen and oxygen atoms in total. The second-order valence-electron chi connectivity index (χ2n) is 6.22. The normalized spacial score (nSPS) is 16.5. The molecule has 0 saturated carbocycles. The third-order valence-corrected chi connectivity index (χ3v) is 6.38. The Bertz CT molecular complexity index is 901. The highest BCUT2D eigenvalue weighted by Gasteiger charge is 2.28. The maximum Gasteiger partial charge on any atom is 0.271 e. The molecule has 1 aliphatic heterocycles. The van der Waals surface area contributed by atoms with Crippen molar-refractivity contribution in [3.63, 3.8) is 0 Å². The van der Waals surface area contributed by atoms with Crippen LogP contribution >= 0.6 is 0 Å². The maximum atomic E-state index is 13.8. The van der Waals surface area contributed by atoms with E-state index in [9.17, 15) is 17.6 Å². The van der Waals surface area contributed by atoms with Crippen LogP contribution in [0.5, 0.6) is 0 Å². The van der Waals surface area contributed by atoms with Crippen molar-refractivity contribution in [3.05, 3.63) is 64.3 Å². The molecule has 0 unspecified atom stereocenters. The monoisotopic (exact) mass is 364 g/mol. The first-order valence-electron chi connectivity index (χ1n) is 8.43. The molecule has 0 amide bonds. The van der Waals surface area contributed by atoms with E-state index in [0.29, 0.717) is 18.7 Å². The predicted molar refractivity (Wildman–Crippen MR) is 93.4 cm³/mol. The summed E-state index contributed by atoms with van der Waals surface area (Å²) in [6, 6.07) is 9.01. The molecule has 0 bridgehead atoms. The van der Waals surface area contributed by atoms with Crippen molar-refractivity contribution in [3.8, 4) is 0 Å². The molecule has 2 aromatic rings. The zero-order chi connectivity index (χ0) is 17.9. The number of pyridine rings is 1. The molecule has 0 atom stereocenters. The number of hydrogen-bond acceptors (Lipinski definition) is 3. The van der Waals surface area contributed by atoms with Crippen LogP contribution in [0, 0.1) is 5.82 Å². The molecule has 7 heteroatoms. The lowest BCUT2D eigenvalue weighted by Crippen LogP contribution is -2.37. The minimum Gasteiger partial charge on any atom is -0.310 e. The van der Waals surface area contributed by atoms with Crippen LogP contribution < -0.4 is 5.56 Å². The van der Waals surface area contributed by atoms with Gasteiger partial charge in [0.25, 0.3) is 5.56 Å². The second-order valence-corrected chi connectivity index (χ2v) is 8.12. The molecule has 0 aliphatic carbocycles. The molecule has 25 heavy (non-hydrogen) atoms. The smallest absolute Gasteiger partial charge is 0.271 e. The van der Waals surface area contributed by atoms with E-state index in [0.717, 1.165) is 25.7 Å². The number of sulfonamides is 1. The van der Waals surface area contributed by atoms with Crippen LogP contribution in [0.4, 0.5) is 4.39 Å². The van der Waals surface area contributed by atoms with Crippen molar-refractivity contribution in [2.75, 3.05) is 13.1 Å². The van der Waals surface area contributed by atoms with Crippen LogP contribution in [0.1, 0.15) is 31.2 Å². The topological polar surface area (TPSA) is 59.4 Å². The number of hydrogen-bond donors (Lipinski definition) is 0. The summed E-state index contributed by atoms with van der Waals surface area (Å²) in [5.41, 5.74) is -0.274. The first kappa shape index (κ1) is 17.8. The summed E-state index contributed by atoms with van der Waals surface area (Å²) < 4.78 is 42.2. The standard InChI is InChI=1S/C18H21FN2O3S/c19-16-9-4-3-8-15(16)14-20-11-7-10-17(18(20)22)25(23,24)21-12-5-1-2-6-13-21/h3-4,7-11H,1-2,5-6,12-14H2. The van der Waals surface area contributed by atoms with E-state index in [4.69, 9.17) is 0 Å². The number of rotatable bonds is 4. The van der Waals surface area contributed by atoms with Crippen molar-refractivity contribution in [1.82, 2.24) is 8.87 Å². The SMILES string of the molecule is O=c1c(S(=O)(=O)N2CCCCCC2)cccn1Cc1ccccc1F. The predicted octanol–water partition coefficient (Wildman–Crippen LogP) is 2.60. The number of benzene rings is 1. The fourth-order valence-corrected chi connectivity index (χ4v) is 4.67. The Hall–Kier alpha value is -1.99. The highest BCUT2D eigenvalue weighted by Crippen LogP contribution is 2.18. The minimum atomic E-state index is -3.83. The molecule has 1 fully saturated rings. The number of halogens is 1. The Balaban J connectivity index is 1.95. The Labute approximate surface area is 146 Å². The van der Waals surface area contributed by atoms with Gasteiger partial charge < -0.3 is 4.57 Å². The summed E-state index contributed by atoms with van der Waals surface area (Å²) in [7, 11) is -3.83. The summed E-state index contributed by atoms with van der Waals surface area (Å²) in [5, 5.41) is 0. The first-order chi connectivity index (χ1) is 12.0. The molecule has 0 radical (unpaired) electrons. The molecule has 1 saturated heterocycles. The van der Waals surface area contributed by atoms with Crippen molar-refractivity contribution in [2.24, 2.45) is 0 Å². The molecule has 1 aromatic carbocycles.